The van der Waals surface area contributed by atoms with E-state index in [0.29, 0.717) is 31.1 Å². The quantitative estimate of drug-likeness (QED) is 0.837. The molecule has 0 bridgehead atoms. The summed E-state index contributed by atoms with van der Waals surface area (Å²) >= 11 is 0. The van der Waals surface area contributed by atoms with Gasteiger partial charge in [0.1, 0.15) is 18.4 Å². The molecule has 1 N–H and O–H groups in total. The van der Waals surface area contributed by atoms with Crippen molar-refractivity contribution in [1.29, 1.82) is 0 Å². The molecule has 1 saturated heterocycles. The van der Waals surface area contributed by atoms with Crippen molar-refractivity contribution >= 4 is 17.6 Å². The molecule has 6 nitrogen and oxygen atoms in total. The van der Waals surface area contributed by atoms with Gasteiger partial charge in [0, 0.05) is 6.54 Å². The SMILES string of the molecule is CCN1CCOC(=O)[C@@H]1CC(=O)Nc1cc(C)ccc1OC. The van der Waals surface area contributed by atoms with Crippen molar-refractivity contribution in [3.05, 3.63) is 23.8 Å². The van der Waals surface area contributed by atoms with Crippen LogP contribution in [0.25, 0.3) is 0 Å². The average molecular weight is 306 g/mol. The Morgan fingerprint density at radius 3 is 2.95 bits per heavy atom. The Morgan fingerprint density at radius 1 is 1.50 bits per heavy atom. The lowest BCUT2D eigenvalue weighted by Crippen LogP contribution is -2.50. The van der Waals surface area contributed by atoms with Crippen LogP contribution in [0.15, 0.2) is 18.2 Å². The van der Waals surface area contributed by atoms with Crippen LogP contribution >= 0.6 is 0 Å². The third-order valence-electron chi connectivity index (χ3n) is 3.75. The largest absolute Gasteiger partial charge is 0.495 e. The second-order valence-corrected chi connectivity index (χ2v) is 5.27. The van der Waals surface area contributed by atoms with Gasteiger partial charge in [0.2, 0.25) is 5.91 Å². The Labute approximate surface area is 130 Å². The fraction of sp³-hybridized carbons (Fsp3) is 0.500. The van der Waals surface area contributed by atoms with Crippen LogP contribution in [-0.2, 0) is 14.3 Å². The first-order valence-electron chi connectivity index (χ1n) is 7.40. The van der Waals surface area contributed by atoms with Crippen molar-refractivity contribution in [2.75, 3.05) is 32.1 Å². The lowest BCUT2D eigenvalue weighted by Gasteiger charge is -2.32. The molecule has 0 aromatic heterocycles. The van der Waals surface area contributed by atoms with Crippen LogP contribution < -0.4 is 10.1 Å². The third-order valence-corrected chi connectivity index (χ3v) is 3.75. The van der Waals surface area contributed by atoms with E-state index in [4.69, 9.17) is 9.47 Å². The van der Waals surface area contributed by atoms with Crippen LogP contribution in [0.1, 0.15) is 18.9 Å². The van der Waals surface area contributed by atoms with E-state index in [2.05, 4.69) is 5.32 Å². The van der Waals surface area contributed by atoms with Gasteiger partial charge >= 0.3 is 5.97 Å². The van der Waals surface area contributed by atoms with Crippen molar-refractivity contribution in [2.24, 2.45) is 0 Å². The zero-order valence-electron chi connectivity index (χ0n) is 13.2. The maximum atomic E-state index is 12.3. The Kier molecular flexibility index (Phi) is 5.38. The summed E-state index contributed by atoms with van der Waals surface area (Å²) in [5, 5.41) is 2.82. The molecule has 1 heterocycles. The van der Waals surface area contributed by atoms with Crippen LogP contribution in [0.4, 0.5) is 5.69 Å². The summed E-state index contributed by atoms with van der Waals surface area (Å²) in [4.78, 5) is 26.1. The average Bonchev–Trinajstić information content (AvgIpc) is 2.49. The van der Waals surface area contributed by atoms with E-state index in [1.807, 2.05) is 30.9 Å². The van der Waals surface area contributed by atoms with Crippen LogP contribution in [0, 0.1) is 6.92 Å². The van der Waals surface area contributed by atoms with Gasteiger partial charge in [-0.25, -0.2) is 0 Å². The molecular weight excluding hydrogens is 284 g/mol. The fourth-order valence-electron chi connectivity index (χ4n) is 2.55. The van der Waals surface area contributed by atoms with Gasteiger partial charge in [0.25, 0.3) is 0 Å². The summed E-state index contributed by atoms with van der Waals surface area (Å²) in [6.45, 7) is 5.66. The zero-order valence-corrected chi connectivity index (χ0v) is 13.2. The molecule has 1 amide bonds. The van der Waals surface area contributed by atoms with Crippen molar-refractivity contribution in [3.8, 4) is 5.75 Å². The number of likely N-dealkylation sites (N-methyl/N-ethyl adjacent to an activating group) is 1. The summed E-state index contributed by atoms with van der Waals surface area (Å²) in [7, 11) is 1.55. The molecule has 6 heteroatoms. The number of nitrogens with zero attached hydrogens (tertiary/aromatic N) is 1. The molecule has 1 fully saturated rings. The van der Waals surface area contributed by atoms with Crippen LogP contribution in [-0.4, -0.2) is 49.6 Å². The first-order chi connectivity index (χ1) is 10.5. The van der Waals surface area contributed by atoms with Gasteiger partial charge in [0.05, 0.1) is 19.2 Å². The van der Waals surface area contributed by atoms with E-state index in [1.165, 1.54) is 0 Å². The molecular formula is C16H22N2O4. The Balaban J connectivity index is 2.06. The predicted molar refractivity (Wildman–Crippen MR) is 83.0 cm³/mol. The molecule has 0 unspecified atom stereocenters. The second kappa shape index (κ2) is 7.26. The summed E-state index contributed by atoms with van der Waals surface area (Å²) in [6.07, 6.45) is 0.0732. The number of aryl methyl sites for hydroxylation is 1. The lowest BCUT2D eigenvalue weighted by molar-refractivity contribution is -0.158. The van der Waals surface area contributed by atoms with Gasteiger partial charge in [-0.15, -0.1) is 0 Å². The molecule has 0 radical (unpaired) electrons. The van der Waals surface area contributed by atoms with Crippen molar-refractivity contribution in [2.45, 2.75) is 26.3 Å². The van der Waals surface area contributed by atoms with E-state index < -0.39 is 6.04 Å². The molecule has 1 atom stereocenters. The minimum Gasteiger partial charge on any atom is -0.495 e. The molecule has 2 rings (SSSR count). The normalized spacial score (nSPS) is 18.7. The number of amides is 1. The van der Waals surface area contributed by atoms with Crippen molar-refractivity contribution < 1.29 is 19.1 Å². The van der Waals surface area contributed by atoms with E-state index in [9.17, 15) is 9.59 Å². The summed E-state index contributed by atoms with van der Waals surface area (Å²) in [5.74, 6) is 0.0307. The zero-order chi connectivity index (χ0) is 16.1. The maximum absolute atomic E-state index is 12.3. The Morgan fingerprint density at radius 2 is 2.27 bits per heavy atom. The van der Waals surface area contributed by atoms with Gasteiger partial charge in [-0.2, -0.15) is 0 Å². The van der Waals surface area contributed by atoms with Crippen LogP contribution in [0.3, 0.4) is 0 Å². The summed E-state index contributed by atoms with van der Waals surface area (Å²) < 4.78 is 10.3. The smallest absolute Gasteiger partial charge is 0.323 e. The van der Waals surface area contributed by atoms with Gasteiger partial charge < -0.3 is 14.8 Å². The summed E-state index contributed by atoms with van der Waals surface area (Å²) in [6, 6.07) is 5.03. The van der Waals surface area contributed by atoms with E-state index >= 15 is 0 Å². The number of carbonyl (C=O) groups excluding carboxylic acids is 2. The fourth-order valence-corrected chi connectivity index (χ4v) is 2.55. The number of hydrogen-bond donors (Lipinski definition) is 1. The number of methoxy groups -OCH3 is 1. The predicted octanol–water partition coefficient (Wildman–Crippen LogP) is 1.58. The van der Waals surface area contributed by atoms with Gasteiger partial charge in [-0.05, 0) is 31.2 Å². The van der Waals surface area contributed by atoms with Crippen LogP contribution in [0.2, 0.25) is 0 Å². The first-order valence-corrected chi connectivity index (χ1v) is 7.40. The van der Waals surface area contributed by atoms with Gasteiger partial charge in [-0.3, -0.25) is 14.5 Å². The number of cyclic esters (lactones) is 1. The third kappa shape index (κ3) is 3.76. The lowest BCUT2D eigenvalue weighted by atomic mass is 10.1. The number of carbonyl (C=O) groups is 2. The number of nitrogens with one attached hydrogen (secondary N) is 1. The molecule has 1 aliphatic rings. The minimum absolute atomic E-state index is 0.0732. The summed E-state index contributed by atoms with van der Waals surface area (Å²) in [5.41, 5.74) is 1.63. The maximum Gasteiger partial charge on any atom is 0.323 e. The second-order valence-electron chi connectivity index (χ2n) is 5.27. The highest BCUT2D eigenvalue weighted by Gasteiger charge is 2.32. The molecule has 0 spiro atoms. The molecule has 0 aliphatic carbocycles. The van der Waals surface area contributed by atoms with Crippen LogP contribution in [0.5, 0.6) is 5.75 Å². The number of benzene rings is 1. The minimum atomic E-state index is -0.519. The number of rotatable bonds is 5. The highest BCUT2D eigenvalue weighted by atomic mass is 16.5. The monoisotopic (exact) mass is 306 g/mol. The molecule has 22 heavy (non-hydrogen) atoms. The van der Waals surface area contributed by atoms with Crippen molar-refractivity contribution in [3.63, 3.8) is 0 Å². The van der Waals surface area contributed by atoms with E-state index in [-0.39, 0.29) is 18.3 Å². The topological polar surface area (TPSA) is 67.9 Å². The van der Waals surface area contributed by atoms with E-state index in [0.717, 1.165) is 5.56 Å². The number of morpholine rings is 1. The van der Waals surface area contributed by atoms with E-state index in [1.54, 1.807) is 13.2 Å². The molecule has 1 aromatic rings. The highest BCUT2D eigenvalue weighted by Crippen LogP contribution is 2.25. The standard InChI is InChI=1S/C16H22N2O4/c1-4-18-7-8-22-16(20)13(18)10-15(19)17-12-9-11(2)5-6-14(12)21-3/h5-6,9,13H,4,7-8,10H2,1-3H3,(H,17,19)/t13-/m0/s1. The molecule has 1 aliphatic heterocycles. The van der Waals surface area contributed by atoms with Gasteiger partial charge in [0.15, 0.2) is 0 Å². The number of anilines is 1. The number of esters is 1. The number of ether oxygens (including phenoxy) is 2. The van der Waals surface area contributed by atoms with Crippen molar-refractivity contribution in [1.82, 2.24) is 4.90 Å². The molecule has 120 valence electrons. The molecule has 0 saturated carbocycles. The highest BCUT2D eigenvalue weighted by molar-refractivity contribution is 5.95. The molecule has 1 aromatic carbocycles. The van der Waals surface area contributed by atoms with Gasteiger partial charge in [-0.1, -0.05) is 13.0 Å². The number of hydrogen-bond acceptors (Lipinski definition) is 5. The Hall–Kier alpha value is -2.08. The first kappa shape index (κ1) is 16.3. The Bertz CT molecular complexity index is 559.